The van der Waals surface area contributed by atoms with E-state index in [0.717, 1.165) is 4.68 Å². The van der Waals surface area contributed by atoms with Gasteiger partial charge in [-0.2, -0.15) is 5.10 Å². The molecule has 3 aromatic rings. The molecule has 162 valence electrons. The molecule has 3 rings (SSSR count). The lowest BCUT2D eigenvalue weighted by molar-refractivity contribution is 0.0526. The maximum absolute atomic E-state index is 13.8. The van der Waals surface area contributed by atoms with E-state index >= 15 is 0 Å². The van der Waals surface area contributed by atoms with Crippen LogP contribution in [0.1, 0.15) is 22.8 Å². The normalized spacial score (nSPS) is 10.6. The van der Waals surface area contributed by atoms with Gasteiger partial charge in [-0.1, -0.05) is 0 Å². The third-order valence-electron chi connectivity index (χ3n) is 4.07. The highest BCUT2D eigenvalue weighted by Gasteiger charge is 2.19. The molecule has 0 atom stereocenters. The Morgan fingerprint density at radius 3 is 2.42 bits per heavy atom. The summed E-state index contributed by atoms with van der Waals surface area (Å²) in [5.74, 6) is -6.61. The highest BCUT2D eigenvalue weighted by molar-refractivity contribution is 7.80. The number of nitrogens with zero attached hydrogens (tertiary/aromatic N) is 2. The Morgan fingerprint density at radius 2 is 1.74 bits per heavy atom. The van der Waals surface area contributed by atoms with Crippen LogP contribution in [0.3, 0.4) is 0 Å². The zero-order valence-electron chi connectivity index (χ0n) is 16.1. The van der Waals surface area contributed by atoms with Gasteiger partial charge >= 0.3 is 5.97 Å². The quantitative estimate of drug-likeness (QED) is 0.189. The molecule has 1 aromatic heterocycles. The molecule has 11 heteroatoms. The molecule has 0 radical (unpaired) electrons. The molecule has 6 nitrogen and oxygen atoms in total. The van der Waals surface area contributed by atoms with Crippen molar-refractivity contribution in [2.24, 2.45) is 0 Å². The highest BCUT2D eigenvalue weighted by Crippen LogP contribution is 2.20. The average molecular weight is 452 g/mol. The SMILES string of the molecule is CCOC(=O)c1ccc(NC(=S)Nc2cnn(Cc3c(F)cc(F)c(F)c3F)c2)cc1. The number of esters is 1. The molecule has 2 aromatic carbocycles. The summed E-state index contributed by atoms with van der Waals surface area (Å²) >= 11 is 5.19. The van der Waals surface area contributed by atoms with Gasteiger partial charge in [0.25, 0.3) is 0 Å². The minimum absolute atomic E-state index is 0.189. The Bertz CT molecular complexity index is 1120. The second-order valence-electron chi connectivity index (χ2n) is 6.25. The predicted octanol–water partition coefficient (Wildman–Crippen LogP) is 4.47. The van der Waals surface area contributed by atoms with Crippen molar-refractivity contribution in [1.82, 2.24) is 9.78 Å². The second-order valence-corrected chi connectivity index (χ2v) is 6.66. The van der Waals surface area contributed by atoms with E-state index < -0.39 is 41.3 Å². The van der Waals surface area contributed by atoms with E-state index in [1.807, 2.05) is 0 Å². The fraction of sp³-hybridized carbons (Fsp3) is 0.150. The minimum Gasteiger partial charge on any atom is -0.462 e. The number of hydrogen-bond acceptors (Lipinski definition) is 4. The van der Waals surface area contributed by atoms with Gasteiger partial charge in [-0.25, -0.2) is 22.4 Å². The van der Waals surface area contributed by atoms with Crippen LogP contribution < -0.4 is 10.6 Å². The van der Waals surface area contributed by atoms with Crippen molar-refractivity contribution in [2.45, 2.75) is 13.5 Å². The van der Waals surface area contributed by atoms with Gasteiger partial charge in [-0.3, -0.25) is 4.68 Å². The van der Waals surface area contributed by atoms with Crippen molar-refractivity contribution in [3.05, 3.63) is 77.1 Å². The number of carbonyl (C=O) groups excluding carboxylic acids is 1. The maximum atomic E-state index is 13.8. The van der Waals surface area contributed by atoms with Gasteiger partial charge in [0.15, 0.2) is 22.6 Å². The van der Waals surface area contributed by atoms with E-state index in [1.54, 1.807) is 31.2 Å². The first-order valence-electron chi connectivity index (χ1n) is 8.98. The minimum atomic E-state index is -1.75. The van der Waals surface area contributed by atoms with Crippen LogP contribution in [0.25, 0.3) is 0 Å². The summed E-state index contributed by atoms with van der Waals surface area (Å²) in [4.78, 5) is 11.7. The molecule has 0 fully saturated rings. The Kier molecular flexibility index (Phi) is 6.85. The lowest BCUT2D eigenvalue weighted by Crippen LogP contribution is -2.18. The molecule has 31 heavy (non-hydrogen) atoms. The average Bonchev–Trinajstić information content (AvgIpc) is 3.17. The number of aromatic nitrogens is 2. The van der Waals surface area contributed by atoms with Crippen molar-refractivity contribution >= 4 is 34.7 Å². The fourth-order valence-corrected chi connectivity index (χ4v) is 2.86. The smallest absolute Gasteiger partial charge is 0.338 e. The van der Waals surface area contributed by atoms with Crippen molar-refractivity contribution in [1.29, 1.82) is 0 Å². The molecular formula is C20H16F4N4O2S. The standard InChI is InChI=1S/C20H16F4N4O2S/c1-2-30-19(29)11-3-5-12(6-4-11)26-20(31)27-13-8-25-28(9-13)10-14-15(21)7-16(22)18(24)17(14)23/h3-9H,2,10H2,1H3,(H2,26,27,31). The van der Waals surface area contributed by atoms with Crippen molar-refractivity contribution in [3.8, 4) is 0 Å². The Labute approximate surface area is 179 Å². The lowest BCUT2D eigenvalue weighted by atomic mass is 10.2. The highest BCUT2D eigenvalue weighted by atomic mass is 32.1. The first kappa shape index (κ1) is 22.2. The van der Waals surface area contributed by atoms with Crippen LogP contribution in [0.2, 0.25) is 0 Å². The lowest BCUT2D eigenvalue weighted by Gasteiger charge is -2.10. The Hall–Kier alpha value is -3.47. The molecule has 0 aliphatic carbocycles. The molecule has 0 aliphatic rings. The number of rotatable bonds is 6. The van der Waals surface area contributed by atoms with E-state index in [9.17, 15) is 22.4 Å². The molecule has 0 unspecified atom stereocenters. The molecule has 0 bridgehead atoms. The molecular weight excluding hydrogens is 436 g/mol. The van der Waals surface area contributed by atoms with E-state index in [2.05, 4.69) is 15.7 Å². The number of carbonyl (C=O) groups is 1. The summed E-state index contributed by atoms with van der Waals surface area (Å²) in [6, 6.07) is 6.71. The van der Waals surface area contributed by atoms with E-state index in [4.69, 9.17) is 17.0 Å². The van der Waals surface area contributed by atoms with Crippen LogP contribution in [0, 0.1) is 23.3 Å². The number of ether oxygens (including phenoxy) is 1. The molecule has 2 N–H and O–H groups in total. The van der Waals surface area contributed by atoms with Crippen LogP contribution in [-0.4, -0.2) is 27.5 Å². The van der Waals surface area contributed by atoms with Gasteiger partial charge in [0.2, 0.25) is 0 Å². The van der Waals surface area contributed by atoms with Gasteiger partial charge in [-0.05, 0) is 43.4 Å². The number of thiocarbonyl (C=S) groups is 1. The van der Waals surface area contributed by atoms with E-state index in [1.165, 1.54) is 12.4 Å². The zero-order valence-corrected chi connectivity index (χ0v) is 16.9. The molecule has 0 saturated carbocycles. The zero-order chi connectivity index (χ0) is 22.5. The van der Waals surface area contributed by atoms with Crippen molar-refractivity contribution < 1.29 is 27.1 Å². The largest absolute Gasteiger partial charge is 0.462 e. The Balaban J connectivity index is 1.62. The third kappa shape index (κ3) is 5.37. The van der Waals surface area contributed by atoms with Gasteiger partial charge in [0.05, 0.1) is 30.6 Å². The first-order valence-corrected chi connectivity index (χ1v) is 9.38. The predicted molar refractivity (Wildman–Crippen MR) is 110 cm³/mol. The fourth-order valence-electron chi connectivity index (χ4n) is 2.62. The molecule has 0 spiro atoms. The summed E-state index contributed by atoms with van der Waals surface area (Å²) < 4.78 is 60.1. The van der Waals surface area contributed by atoms with Crippen molar-refractivity contribution in [2.75, 3.05) is 17.2 Å². The van der Waals surface area contributed by atoms with E-state index in [0.29, 0.717) is 16.9 Å². The number of nitrogens with one attached hydrogen (secondary N) is 2. The summed E-state index contributed by atoms with van der Waals surface area (Å²) in [5, 5.41) is 9.84. The summed E-state index contributed by atoms with van der Waals surface area (Å²) in [5.41, 5.74) is 0.730. The number of halogens is 4. The van der Waals surface area contributed by atoms with Gasteiger partial charge in [0, 0.05) is 23.5 Å². The van der Waals surface area contributed by atoms with Crippen LogP contribution in [-0.2, 0) is 11.3 Å². The summed E-state index contributed by atoms with van der Waals surface area (Å²) in [7, 11) is 0. The second kappa shape index (κ2) is 9.56. The Morgan fingerprint density at radius 1 is 1.06 bits per heavy atom. The maximum Gasteiger partial charge on any atom is 0.338 e. The summed E-state index contributed by atoms with van der Waals surface area (Å²) in [6.45, 7) is 1.53. The van der Waals surface area contributed by atoms with Crippen molar-refractivity contribution in [3.63, 3.8) is 0 Å². The monoisotopic (exact) mass is 452 g/mol. The van der Waals surface area contributed by atoms with Crippen LogP contribution in [0.15, 0.2) is 42.7 Å². The molecule has 1 heterocycles. The summed E-state index contributed by atoms with van der Waals surface area (Å²) in [6.07, 6.45) is 2.73. The molecule has 0 amide bonds. The number of anilines is 2. The number of benzene rings is 2. The van der Waals surface area contributed by atoms with Crippen LogP contribution in [0.4, 0.5) is 28.9 Å². The molecule has 0 aliphatic heterocycles. The van der Waals surface area contributed by atoms with Gasteiger partial charge in [-0.15, -0.1) is 0 Å². The first-order chi connectivity index (χ1) is 14.8. The van der Waals surface area contributed by atoms with E-state index in [-0.39, 0.29) is 17.8 Å². The van der Waals surface area contributed by atoms with Crippen LogP contribution >= 0.6 is 12.2 Å². The van der Waals surface area contributed by atoms with Gasteiger partial charge in [0.1, 0.15) is 5.82 Å². The number of hydrogen-bond donors (Lipinski definition) is 2. The van der Waals surface area contributed by atoms with Gasteiger partial charge < -0.3 is 15.4 Å². The van der Waals surface area contributed by atoms with Crippen LogP contribution in [0.5, 0.6) is 0 Å². The topological polar surface area (TPSA) is 68.2 Å². The third-order valence-corrected chi connectivity index (χ3v) is 4.28. The molecule has 0 saturated heterocycles.